The summed E-state index contributed by atoms with van der Waals surface area (Å²) in [6.45, 7) is 6.85. The molecule has 3 heterocycles. The van der Waals surface area contributed by atoms with Gasteiger partial charge in [-0.15, -0.1) is 0 Å². The molecule has 0 amide bonds. The van der Waals surface area contributed by atoms with Gasteiger partial charge in [0.1, 0.15) is 11.3 Å². The van der Waals surface area contributed by atoms with Crippen LogP contribution < -0.4 is 10.2 Å². The second-order valence-electron chi connectivity index (χ2n) is 7.45. The Hall–Kier alpha value is -3.19. The van der Waals surface area contributed by atoms with E-state index in [0.29, 0.717) is 6.01 Å². The van der Waals surface area contributed by atoms with Crippen molar-refractivity contribution in [3.63, 3.8) is 0 Å². The zero-order valence-electron chi connectivity index (χ0n) is 16.7. The molecule has 2 aromatic carbocycles. The number of piperazine rings is 1. The summed E-state index contributed by atoms with van der Waals surface area (Å²) in [5.74, 6) is 0.949. The first-order valence-corrected chi connectivity index (χ1v) is 10.0. The van der Waals surface area contributed by atoms with Crippen LogP contribution in [0.3, 0.4) is 0 Å². The standard InChI is InChI=1S/C22H24N6O/c1-3-23-22-26-19-13-16(5-7-20(19)29-22)15-4-6-17-18(12-15)25-21(14-24-17)28-10-8-27(2)9-11-28/h4-7,12-14H,3,8-11H2,1-2H3,(H,23,26). The highest BCUT2D eigenvalue weighted by molar-refractivity contribution is 5.86. The highest BCUT2D eigenvalue weighted by Gasteiger charge is 2.16. The molecule has 1 fully saturated rings. The predicted molar refractivity (Wildman–Crippen MR) is 116 cm³/mol. The van der Waals surface area contributed by atoms with E-state index in [4.69, 9.17) is 9.40 Å². The maximum atomic E-state index is 5.71. The SMILES string of the molecule is CCNc1nc2cc(-c3ccc4ncc(N5CCN(C)CC5)nc4c3)ccc2o1. The number of benzene rings is 2. The molecule has 1 aliphatic heterocycles. The molecule has 5 rings (SSSR count). The van der Waals surface area contributed by atoms with Gasteiger partial charge < -0.3 is 19.5 Å². The monoisotopic (exact) mass is 388 g/mol. The van der Waals surface area contributed by atoms with E-state index in [2.05, 4.69) is 56.4 Å². The van der Waals surface area contributed by atoms with E-state index in [1.807, 2.05) is 25.3 Å². The van der Waals surface area contributed by atoms with Crippen molar-refractivity contribution in [1.29, 1.82) is 0 Å². The number of anilines is 2. The molecule has 0 saturated carbocycles. The largest absolute Gasteiger partial charge is 0.424 e. The van der Waals surface area contributed by atoms with Gasteiger partial charge in [-0.25, -0.2) is 4.98 Å². The van der Waals surface area contributed by atoms with Crippen LogP contribution in [0.4, 0.5) is 11.8 Å². The second-order valence-corrected chi connectivity index (χ2v) is 7.45. The van der Waals surface area contributed by atoms with Gasteiger partial charge in [-0.1, -0.05) is 12.1 Å². The van der Waals surface area contributed by atoms with Gasteiger partial charge in [0.05, 0.1) is 17.2 Å². The summed E-state index contributed by atoms with van der Waals surface area (Å²) in [4.78, 5) is 18.7. The summed E-state index contributed by atoms with van der Waals surface area (Å²) >= 11 is 0. The number of oxazole rings is 1. The summed E-state index contributed by atoms with van der Waals surface area (Å²) in [5.41, 5.74) is 5.62. The van der Waals surface area contributed by atoms with E-state index in [9.17, 15) is 0 Å². The van der Waals surface area contributed by atoms with Gasteiger partial charge in [0.15, 0.2) is 5.58 Å². The van der Waals surface area contributed by atoms with Crippen LogP contribution in [-0.2, 0) is 0 Å². The molecular formula is C22H24N6O. The summed E-state index contributed by atoms with van der Waals surface area (Å²) in [5, 5.41) is 3.12. The zero-order chi connectivity index (χ0) is 19.8. The van der Waals surface area contributed by atoms with Crippen molar-refractivity contribution in [2.24, 2.45) is 0 Å². The van der Waals surface area contributed by atoms with E-state index < -0.39 is 0 Å². The van der Waals surface area contributed by atoms with Crippen LogP contribution in [0.25, 0.3) is 33.3 Å². The van der Waals surface area contributed by atoms with Crippen molar-refractivity contribution >= 4 is 34.0 Å². The lowest BCUT2D eigenvalue weighted by Crippen LogP contribution is -2.44. The summed E-state index contributed by atoms with van der Waals surface area (Å²) in [6, 6.07) is 12.9. The first kappa shape index (κ1) is 17.9. The lowest BCUT2D eigenvalue weighted by Gasteiger charge is -2.33. The maximum Gasteiger partial charge on any atom is 0.295 e. The minimum Gasteiger partial charge on any atom is -0.424 e. The van der Waals surface area contributed by atoms with Crippen molar-refractivity contribution < 1.29 is 4.42 Å². The lowest BCUT2D eigenvalue weighted by atomic mass is 10.0. The van der Waals surface area contributed by atoms with Crippen LogP contribution in [0.5, 0.6) is 0 Å². The van der Waals surface area contributed by atoms with Crippen LogP contribution in [0.1, 0.15) is 6.92 Å². The van der Waals surface area contributed by atoms with Gasteiger partial charge in [-0.2, -0.15) is 4.98 Å². The summed E-state index contributed by atoms with van der Waals surface area (Å²) in [6.07, 6.45) is 1.89. The number of rotatable bonds is 4. The second kappa shape index (κ2) is 7.33. The molecule has 0 spiro atoms. The number of aromatic nitrogens is 3. The van der Waals surface area contributed by atoms with Gasteiger partial charge in [-0.05, 0) is 49.4 Å². The molecule has 2 aromatic heterocycles. The van der Waals surface area contributed by atoms with Crippen molar-refractivity contribution in [3.05, 3.63) is 42.6 Å². The maximum absolute atomic E-state index is 5.71. The number of likely N-dealkylation sites (N-methyl/N-ethyl adjacent to an activating group) is 1. The number of nitrogens with one attached hydrogen (secondary N) is 1. The molecule has 1 saturated heterocycles. The fourth-order valence-electron chi connectivity index (χ4n) is 3.70. The zero-order valence-corrected chi connectivity index (χ0v) is 16.7. The number of nitrogens with zero attached hydrogens (tertiary/aromatic N) is 5. The minimum absolute atomic E-state index is 0.556. The lowest BCUT2D eigenvalue weighted by molar-refractivity contribution is 0.312. The molecular weight excluding hydrogens is 364 g/mol. The molecule has 148 valence electrons. The third-order valence-electron chi connectivity index (χ3n) is 5.41. The third-order valence-corrected chi connectivity index (χ3v) is 5.41. The Balaban J connectivity index is 1.49. The summed E-state index contributed by atoms with van der Waals surface area (Å²) in [7, 11) is 2.16. The smallest absolute Gasteiger partial charge is 0.295 e. The fraction of sp³-hybridized carbons (Fsp3) is 0.318. The van der Waals surface area contributed by atoms with Crippen molar-refractivity contribution in [1.82, 2.24) is 19.9 Å². The molecule has 7 heteroatoms. The number of hydrogen-bond donors (Lipinski definition) is 1. The average molecular weight is 388 g/mol. The average Bonchev–Trinajstić information content (AvgIpc) is 3.15. The van der Waals surface area contributed by atoms with Gasteiger partial charge in [0.25, 0.3) is 6.01 Å². The quantitative estimate of drug-likeness (QED) is 0.572. The van der Waals surface area contributed by atoms with Crippen molar-refractivity contribution in [2.45, 2.75) is 6.92 Å². The highest BCUT2D eigenvalue weighted by Crippen LogP contribution is 2.28. The minimum atomic E-state index is 0.556. The molecule has 1 N–H and O–H groups in total. The van der Waals surface area contributed by atoms with Crippen LogP contribution in [-0.4, -0.2) is 59.6 Å². The number of fused-ring (bicyclic) bond motifs is 2. The van der Waals surface area contributed by atoms with Gasteiger partial charge in [-0.3, -0.25) is 4.98 Å². The van der Waals surface area contributed by atoms with E-state index in [-0.39, 0.29) is 0 Å². The molecule has 7 nitrogen and oxygen atoms in total. The van der Waals surface area contributed by atoms with Crippen LogP contribution in [0.15, 0.2) is 47.0 Å². The molecule has 0 radical (unpaired) electrons. The Bertz CT molecular complexity index is 1160. The van der Waals surface area contributed by atoms with Crippen LogP contribution in [0, 0.1) is 0 Å². The molecule has 0 bridgehead atoms. The highest BCUT2D eigenvalue weighted by atomic mass is 16.4. The Kier molecular flexibility index (Phi) is 4.52. The normalized spacial score (nSPS) is 15.3. The van der Waals surface area contributed by atoms with Gasteiger partial charge in [0.2, 0.25) is 0 Å². The van der Waals surface area contributed by atoms with Crippen LogP contribution >= 0.6 is 0 Å². The van der Waals surface area contributed by atoms with E-state index in [1.165, 1.54) is 0 Å². The first-order valence-electron chi connectivity index (χ1n) is 10.0. The van der Waals surface area contributed by atoms with Crippen LogP contribution in [0.2, 0.25) is 0 Å². The molecule has 0 atom stereocenters. The molecule has 0 aliphatic carbocycles. The van der Waals surface area contributed by atoms with E-state index in [1.54, 1.807) is 0 Å². The molecule has 4 aromatic rings. The third kappa shape index (κ3) is 3.49. The Morgan fingerprint density at radius 2 is 1.69 bits per heavy atom. The topological polar surface area (TPSA) is 70.3 Å². The van der Waals surface area contributed by atoms with Gasteiger partial charge >= 0.3 is 0 Å². The Morgan fingerprint density at radius 3 is 2.48 bits per heavy atom. The predicted octanol–water partition coefficient (Wildman–Crippen LogP) is 3.62. The van der Waals surface area contributed by atoms with Gasteiger partial charge in [0, 0.05) is 32.7 Å². The van der Waals surface area contributed by atoms with Crippen molar-refractivity contribution in [3.8, 4) is 11.1 Å². The Morgan fingerprint density at radius 1 is 0.931 bits per heavy atom. The summed E-state index contributed by atoms with van der Waals surface area (Å²) < 4.78 is 5.71. The van der Waals surface area contributed by atoms with E-state index in [0.717, 1.165) is 71.8 Å². The first-order chi connectivity index (χ1) is 14.2. The van der Waals surface area contributed by atoms with Crippen molar-refractivity contribution in [2.75, 3.05) is 50.0 Å². The molecule has 29 heavy (non-hydrogen) atoms. The van der Waals surface area contributed by atoms with E-state index >= 15 is 0 Å². The fourth-order valence-corrected chi connectivity index (χ4v) is 3.70. The Labute approximate surface area is 169 Å². The number of hydrogen-bond acceptors (Lipinski definition) is 7. The molecule has 0 unspecified atom stereocenters. The molecule has 1 aliphatic rings.